The van der Waals surface area contributed by atoms with Gasteiger partial charge in [-0.05, 0) is 31.4 Å². The van der Waals surface area contributed by atoms with Crippen molar-refractivity contribution in [2.75, 3.05) is 18.5 Å². The first-order valence-electron chi connectivity index (χ1n) is 6.76. The molecule has 94 valence electrons. The Morgan fingerprint density at radius 3 is 3.22 bits per heavy atom. The highest BCUT2D eigenvalue weighted by Gasteiger charge is 2.32. The lowest BCUT2D eigenvalue weighted by Crippen LogP contribution is -2.08. The quantitative estimate of drug-likeness (QED) is 0.828. The molecule has 2 unspecified atom stereocenters. The van der Waals surface area contributed by atoms with Crippen molar-refractivity contribution in [1.82, 2.24) is 0 Å². The summed E-state index contributed by atoms with van der Waals surface area (Å²) >= 11 is 0. The van der Waals surface area contributed by atoms with Crippen molar-refractivity contribution in [3.05, 3.63) is 35.5 Å². The lowest BCUT2D eigenvalue weighted by molar-refractivity contribution is 0.260. The standard InChI is InChI=1S/C15H17NO2/c1-2-5-12-11(4-1)15-13(16-12)6-3-7-14(15)18-9-10-8-17-10/h3,5-7,10-11,16H,1-2,4,8-9H2. The fourth-order valence-electron chi connectivity index (χ4n) is 2.96. The molecule has 0 amide bonds. The minimum atomic E-state index is 0.316. The Kier molecular flexibility index (Phi) is 2.33. The van der Waals surface area contributed by atoms with Gasteiger partial charge in [0.1, 0.15) is 18.5 Å². The van der Waals surface area contributed by atoms with Gasteiger partial charge in [-0.1, -0.05) is 12.1 Å². The SMILES string of the molecule is C1=C2Nc3cccc(OCC4CO4)c3C2CCC1. The molecule has 0 aromatic heterocycles. The lowest BCUT2D eigenvalue weighted by Gasteiger charge is -2.18. The molecule has 0 spiro atoms. The van der Waals surface area contributed by atoms with E-state index in [1.165, 1.54) is 36.2 Å². The van der Waals surface area contributed by atoms with Gasteiger partial charge in [0.05, 0.1) is 6.61 Å². The maximum absolute atomic E-state index is 5.93. The Bertz CT molecular complexity index is 505. The summed E-state index contributed by atoms with van der Waals surface area (Å²) in [5.41, 5.74) is 3.95. The van der Waals surface area contributed by atoms with E-state index in [9.17, 15) is 0 Å². The molecule has 1 aliphatic carbocycles. The molecule has 0 radical (unpaired) electrons. The van der Waals surface area contributed by atoms with Gasteiger partial charge in [0.25, 0.3) is 0 Å². The summed E-state index contributed by atoms with van der Waals surface area (Å²) in [6, 6.07) is 6.29. The monoisotopic (exact) mass is 243 g/mol. The summed E-state index contributed by atoms with van der Waals surface area (Å²) in [6.45, 7) is 1.53. The van der Waals surface area contributed by atoms with E-state index >= 15 is 0 Å². The van der Waals surface area contributed by atoms with Crippen LogP contribution in [0.4, 0.5) is 5.69 Å². The highest BCUT2D eigenvalue weighted by Crippen LogP contribution is 2.48. The molecule has 2 aliphatic heterocycles. The molecule has 0 bridgehead atoms. The number of anilines is 1. The van der Waals surface area contributed by atoms with Crippen molar-refractivity contribution in [3.63, 3.8) is 0 Å². The Morgan fingerprint density at radius 1 is 1.39 bits per heavy atom. The third kappa shape index (κ3) is 1.70. The number of ether oxygens (including phenoxy) is 2. The van der Waals surface area contributed by atoms with Gasteiger partial charge in [-0.2, -0.15) is 0 Å². The summed E-state index contributed by atoms with van der Waals surface area (Å²) in [4.78, 5) is 0. The van der Waals surface area contributed by atoms with Gasteiger partial charge in [0, 0.05) is 22.9 Å². The van der Waals surface area contributed by atoms with Gasteiger partial charge >= 0.3 is 0 Å². The fourth-order valence-corrected chi connectivity index (χ4v) is 2.96. The molecule has 1 N–H and O–H groups in total. The number of fused-ring (bicyclic) bond motifs is 3. The van der Waals surface area contributed by atoms with Crippen LogP contribution in [0.3, 0.4) is 0 Å². The average molecular weight is 243 g/mol. The van der Waals surface area contributed by atoms with E-state index in [0.717, 1.165) is 12.4 Å². The van der Waals surface area contributed by atoms with Crippen LogP contribution in [0.25, 0.3) is 0 Å². The molecule has 0 saturated carbocycles. The van der Waals surface area contributed by atoms with E-state index in [4.69, 9.17) is 9.47 Å². The molecule has 1 fully saturated rings. The summed E-state index contributed by atoms with van der Waals surface area (Å²) in [6.07, 6.45) is 6.35. The van der Waals surface area contributed by atoms with Crippen molar-refractivity contribution in [3.8, 4) is 5.75 Å². The zero-order valence-corrected chi connectivity index (χ0v) is 10.3. The molecule has 4 rings (SSSR count). The van der Waals surface area contributed by atoms with Gasteiger partial charge in [-0.25, -0.2) is 0 Å². The Morgan fingerprint density at radius 2 is 2.33 bits per heavy atom. The van der Waals surface area contributed by atoms with E-state index < -0.39 is 0 Å². The first-order valence-corrected chi connectivity index (χ1v) is 6.76. The molecule has 1 aromatic rings. The topological polar surface area (TPSA) is 33.8 Å². The average Bonchev–Trinajstić information content (AvgIpc) is 3.15. The van der Waals surface area contributed by atoms with Gasteiger partial charge in [0.15, 0.2) is 0 Å². The van der Waals surface area contributed by atoms with Crippen LogP contribution in [-0.4, -0.2) is 19.3 Å². The minimum Gasteiger partial charge on any atom is -0.490 e. The van der Waals surface area contributed by atoms with Crippen LogP contribution in [0.5, 0.6) is 5.75 Å². The van der Waals surface area contributed by atoms with Gasteiger partial charge in [-0.15, -0.1) is 0 Å². The van der Waals surface area contributed by atoms with E-state index in [1.807, 2.05) is 0 Å². The molecule has 18 heavy (non-hydrogen) atoms. The van der Waals surface area contributed by atoms with Crippen LogP contribution in [0, 0.1) is 0 Å². The van der Waals surface area contributed by atoms with Crippen molar-refractivity contribution in [1.29, 1.82) is 0 Å². The highest BCUT2D eigenvalue weighted by atomic mass is 16.6. The second kappa shape index (κ2) is 4.02. The van der Waals surface area contributed by atoms with E-state index in [1.54, 1.807) is 0 Å². The highest BCUT2D eigenvalue weighted by molar-refractivity contribution is 5.70. The first-order chi connectivity index (χ1) is 8.92. The first kappa shape index (κ1) is 10.4. The fraction of sp³-hybridized carbons (Fsp3) is 0.467. The molecule has 2 heterocycles. The molecular weight excluding hydrogens is 226 g/mol. The van der Waals surface area contributed by atoms with Crippen molar-refractivity contribution in [2.45, 2.75) is 31.3 Å². The Hall–Kier alpha value is -1.48. The second-order valence-corrected chi connectivity index (χ2v) is 5.25. The molecule has 1 aromatic carbocycles. The molecule has 2 atom stereocenters. The largest absolute Gasteiger partial charge is 0.490 e. The minimum absolute atomic E-state index is 0.316. The Labute approximate surface area is 107 Å². The summed E-state index contributed by atoms with van der Waals surface area (Å²) < 4.78 is 11.1. The van der Waals surface area contributed by atoms with Crippen molar-refractivity contribution < 1.29 is 9.47 Å². The zero-order chi connectivity index (χ0) is 11.9. The third-order valence-corrected chi connectivity index (χ3v) is 3.96. The molecular formula is C15H17NO2. The zero-order valence-electron chi connectivity index (χ0n) is 10.3. The van der Waals surface area contributed by atoms with E-state index in [-0.39, 0.29) is 0 Å². The number of hydrogen-bond donors (Lipinski definition) is 1. The second-order valence-electron chi connectivity index (χ2n) is 5.25. The molecule has 3 aliphatic rings. The Balaban J connectivity index is 1.67. The van der Waals surface area contributed by atoms with E-state index in [0.29, 0.717) is 18.6 Å². The van der Waals surface area contributed by atoms with Crippen LogP contribution in [0.1, 0.15) is 30.7 Å². The van der Waals surface area contributed by atoms with Crippen LogP contribution in [-0.2, 0) is 4.74 Å². The predicted octanol–water partition coefficient (Wildman–Crippen LogP) is 3.04. The maximum Gasteiger partial charge on any atom is 0.125 e. The van der Waals surface area contributed by atoms with Gasteiger partial charge in [0.2, 0.25) is 0 Å². The molecule has 3 nitrogen and oxygen atoms in total. The number of rotatable bonds is 3. The summed E-state index contributed by atoms with van der Waals surface area (Å²) in [5, 5.41) is 3.53. The summed E-state index contributed by atoms with van der Waals surface area (Å²) in [5.74, 6) is 1.55. The van der Waals surface area contributed by atoms with Crippen LogP contribution in [0.15, 0.2) is 30.0 Å². The van der Waals surface area contributed by atoms with Crippen LogP contribution >= 0.6 is 0 Å². The number of hydrogen-bond acceptors (Lipinski definition) is 3. The predicted molar refractivity (Wildman–Crippen MR) is 70.0 cm³/mol. The third-order valence-electron chi connectivity index (χ3n) is 3.96. The van der Waals surface area contributed by atoms with Gasteiger partial charge < -0.3 is 14.8 Å². The van der Waals surface area contributed by atoms with Crippen LogP contribution in [0.2, 0.25) is 0 Å². The van der Waals surface area contributed by atoms with Crippen molar-refractivity contribution in [2.24, 2.45) is 0 Å². The van der Waals surface area contributed by atoms with Crippen molar-refractivity contribution >= 4 is 5.69 Å². The maximum atomic E-state index is 5.93. The number of benzene rings is 1. The molecule has 3 heteroatoms. The van der Waals surface area contributed by atoms with Gasteiger partial charge in [-0.3, -0.25) is 0 Å². The number of allylic oxidation sites excluding steroid dienone is 2. The lowest BCUT2D eigenvalue weighted by atomic mass is 9.88. The molecule has 1 saturated heterocycles. The smallest absolute Gasteiger partial charge is 0.125 e. The number of nitrogens with one attached hydrogen (secondary N) is 1. The van der Waals surface area contributed by atoms with E-state index in [2.05, 4.69) is 29.6 Å². The van der Waals surface area contributed by atoms with Crippen LogP contribution < -0.4 is 10.1 Å². The number of epoxide rings is 1. The normalized spacial score (nSPS) is 27.9. The summed E-state index contributed by atoms with van der Waals surface area (Å²) in [7, 11) is 0.